The van der Waals surface area contributed by atoms with Crippen LogP contribution < -0.4 is 15.6 Å². The highest BCUT2D eigenvalue weighted by Gasteiger charge is 2.09. The first-order chi connectivity index (χ1) is 12.2. The number of nitrogens with zero attached hydrogens (tertiary/aromatic N) is 2. The molecule has 0 aliphatic heterocycles. The summed E-state index contributed by atoms with van der Waals surface area (Å²) in [4.78, 5) is 33.9. The zero-order valence-electron chi connectivity index (χ0n) is 13.5. The molecule has 1 amide bonds. The maximum atomic E-state index is 11.9. The summed E-state index contributed by atoms with van der Waals surface area (Å²) in [5.74, 6) is 0.424. The molecule has 0 bridgehead atoms. The van der Waals surface area contributed by atoms with Gasteiger partial charge in [0.25, 0.3) is 11.5 Å². The SMILES string of the molecule is COc1ccc(-c2nc(CCNC(=O)c3cc(=O)[nH]cn3)cs2)cc1. The second-order valence-electron chi connectivity index (χ2n) is 5.17. The van der Waals surface area contributed by atoms with Crippen molar-refractivity contribution < 1.29 is 9.53 Å². The Morgan fingerprint density at radius 1 is 1.32 bits per heavy atom. The average Bonchev–Trinajstić information content (AvgIpc) is 3.10. The lowest BCUT2D eigenvalue weighted by atomic mass is 10.2. The smallest absolute Gasteiger partial charge is 0.270 e. The Labute approximate surface area is 147 Å². The number of hydrogen-bond donors (Lipinski definition) is 2. The minimum atomic E-state index is -0.378. The molecule has 8 heteroatoms. The van der Waals surface area contributed by atoms with Gasteiger partial charge in [0, 0.05) is 30.0 Å². The zero-order chi connectivity index (χ0) is 17.6. The van der Waals surface area contributed by atoms with E-state index in [9.17, 15) is 9.59 Å². The second kappa shape index (κ2) is 7.71. The van der Waals surface area contributed by atoms with Gasteiger partial charge in [-0.2, -0.15) is 0 Å². The summed E-state index contributed by atoms with van der Waals surface area (Å²) in [5.41, 5.74) is 1.66. The van der Waals surface area contributed by atoms with E-state index >= 15 is 0 Å². The minimum Gasteiger partial charge on any atom is -0.497 e. The van der Waals surface area contributed by atoms with Crippen LogP contribution in [0.15, 0.2) is 46.8 Å². The largest absolute Gasteiger partial charge is 0.497 e. The van der Waals surface area contributed by atoms with Gasteiger partial charge in [-0.25, -0.2) is 9.97 Å². The molecule has 0 aliphatic rings. The molecule has 3 aromatic rings. The Hall–Kier alpha value is -3.00. The van der Waals surface area contributed by atoms with Crippen molar-refractivity contribution in [3.05, 3.63) is 63.8 Å². The first-order valence-corrected chi connectivity index (χ1v) is 8.45. The Kier molecular flexibility index (Phi) is 5.20. The van der Waals surface area contributed by atoms with Gasteiger partial charge >= 0.3 is 0 Å². The number of hydrogen-bond acceptors (Lipinski definition) is 6. The number of rotatable bonds is 6. The molecule has 0 saturated heterocycles. The molecule has 2 aromatic heterocycles. The number of H-pyrrole nitrogens is 1. The quantitative estimate of drug-likeness (QED) is 0.703. The van der Waals surface area contributed by atoms with Gasteiger partial charge in [-0.1, -0.05) is 0 Å². The van der Waals surface area contributed by atoms with E-state index in [1.807, 2.05) is 29.6 Å². The molecule has 7 nitrogen and oxygen atoms in total. The van der Waals surface area contributed by atoms with Crippen LogP contribution in [0.2, 0.25) is 0 Å². The van der Waals surface area contributed by atoms with E-state index in [1.165, 1.54) is 12.4 Å². The molecule has 0 fully saturated rings. The monoisotopic (exact) mass is 356 g/mol. The van der Waals surface area contributed by atoms with Gasteiger partial charge in [0.15, 0.2) is 0 Å². The lowest BCUT2D eigenvalue weighted by Gasteiger charge is -2.03. The van der Waals surface area contributed by atoms with Crippen molar-refractivity contribution >= 4 is 17.2 Å². The molecule has 0 atom stereocenters. The number of carbonyl (C=O) groups excluding carboxylic acids is 1. The van der Waals surface area contributed by atoms with E-state index in [4.69, 9.17) is 4.74 Å². The fraction of sp³-hybridized carbons (Fsp3) is 0.176. The summed E-state index contributed by atoms with van der Waals surface area (Å²) in [7, 11) is 1.63. The van der Waals surface area contributed by atoms with Crippen molar-refractivity contribution in [1.29, 1.82) is 0 Å². The third kappa shape index (κ3) is 4.30. The third-order valence-electron chi connectivity index (χ3n) is 3.47. The molecule has 0 spiro atoms. The van der Waals surface area contributed by atoms with Gasteiger partial charge in [0.05, 0.1) is 19.1 Å². The molecule has 25 heavy (non-hydrogen) atoms. The number of methoxy groups -OCH3 is 1. The standard InChI is InChI=1S/C17H16N4O3S/c1-24-13-4-2-11(3-5-13)17-21-12(9-25-17)6-7-18-16(23)14-8-15(22)20-10-19-14/h2-5,8-10H,6-7H2,1H3,(H,18,23)(H,19,20,22). The number of aromatic amines is 1. The highest BCUT2D eigenvalue weighted by atomic mass is 32.1. The first-order valence-electron chi connectivity index (χ1n) is 7.57. The molecule has 1 aromatic carbocycles. The van der Waals surface area contributed by atoms with Crippen LogP contribution in [0.5, 0.6) is 5.75 Å². The lowest BCUT2D eigenvalue weighted by molar-refractivity contribution is 0.0949. The lowest BCUT2D eigenvalue weighted by Crippen LogP contribution is -2.27. The summed E-state index contributed by atoms with van der Waals surface area (Å²) < 4.78 is 5.15. The molecule has 2 heterocycles. The molecule has 0 saturated carbocycles. The summed E-state index contributed by atoms with van der Waals surface area (Å²) in [6.45, 7) is 0.416. The topological polar surface area (TPSA) is 97.0 Å². The molecule has 0 radical (unpaired) electrons. The highest BCUT2D eigenvalue weighted by Crippen LogP contribution is 2.25. The molecular formula is C17H16N4O3S. The predicted octanol–water partition coefficient (Wildman–Crippen LogP) is 1.87. The predicted molar refractivity (Wildman–Crippen MR) is 95.0 cm³/mol. The summed E-state index contributed by atoms with van der Waals surface area (Å²) in [6, 6.07) is 8.87. The van der Waals surface area contributed by atoms with Crippen molar-refractivity contribution in [3.8, 4) is 16.3 Å². The van der Waals surface area contributed by atoms with Gasteiger partial charge in [0.2, 0.25) is 0 Å². The number of carbonyl (C=O) groups is 1. The number of thiazole rings is 1. The van der Waals surface area contributed by atoms with Gasteiger partial charge < -0.3 is 15.0 Å². The molecule has 0 aliphatic carbocycles. The highest BCUT2D eigenvalue weighted by molar-refractivity contribution is 7.13. The maximum absolute atomic E-state index is 11.9. The van der Waals surface area contributed by atoms with E-state index in [1.54, 1.807) is 18.4 Å². The fourth-order valence-corrected chi connectivity index (χ4v) is 3.04. The zero-order valence-corrected chi connectivity index (χ0v) is 14.3. The number of benzene rings is 1. The van der Waals surface area contributed by atoms with Crippen molar-refractivity contribution in [1.82, 2.24) is 20.3 Å². The van der Waals surface area contributed by atoms with E-state index in [-0.39, 0.29) is 17.2 Å². The van der Waals surface area contributed by atoms with Crippen LogP contribution in [0.1, 0.15) is 16.2 Å². The number of amides is 1. The van der Waals surface area contributed by atoms with E-state index < -0.39 is 0 Å². The van der Waals surface area contributed by atoms with Gasteiger partial charge in [-0.05, 0) is 24.3 Å². The Morgan fingerprint density at radius 2 is 2.12 bits per heavy atom. The Bertz CT molecular complexity index is 918. The normalized spacial score (nSPS) is 10.4. The van der Waals surface area contributed by atoms with Crippen molar-refractivity contribution in [2.24, 2.45) is 0 Å². The number of nitrogens with one attached hydrogen (secondary N) is 2. The van der Waals surface area contributed by atoms with Crippen LogP contribution in [-0.4, -0.2) is 34.5 Å². The third-order valence-corrected chi connectivity index (χ3v) is 4.41. The van der Waals surface area contributed by atoms with Crippen molar-refractivity contribution in [2.45, 2.75) is 6.42 Å². The molecule has 2 N–H and O–H groups in total. The molecule has 128 valence electrons. The van der Waals surface area contributed by atoms with Crippen LogP contribution in [-0.2, 0) is 6.42 Å². The summed E-state index contributed by atoms with van der Waals surface area (Å²) >= 11 is 1.55. The van der Waals surface area contributed by atoms with Gasteiger partial charge in [-0.3, -0.25) is 9.59 Å². The number of aromatic nitrogens is 3. The van der Waals surface area contributed by atoms with Crippen LogP contribution in [0.25, 0.3) is 10.6 Å². The molecule has 3 rings (SSSR count). The fourth-order valence-electron chi connectivity index (χ4n) is 2.18. The molecular weight excluding hydrogens is 340 g/mol. The van der Waals surface area contributed by atoms with Crippen molar-refractivity contribution in [3.63, 3.8) is 0 Å². The van der Waals surface area contributed by atoms with Gasteiger partial charge in [0.1, 0.15) is 16.5 Å². The maximum Gasteiger partial charge on any atom is 0.270 e. The Balaban J connectivity index is 1.56. The summed E-state index contributed by atoms with van der Waals surface area (Å²) in [5, 5.41) is 5.62. The first kappa shape index (κ1) is 16.8. The van der Waals surface area contributed by atoms with Gasteiger partial charge in [-0.15, -0.1) is 11.3 Å². The number of ether oxygens (including phenoxy) is 1. The average molecular weight is 356 g/mol. The van der Waals surface area contributed by atoms with Crippen LogP contribution in [0, 0.1) is 0 Å². The van der Waals surface area contributed by atoms with Crippen LogP contribution in [0.4, 0.5) is 0 Å². The van der Waals surface area contributed by atoms with Crippen molar-refractivity contribution in [2.75, 3.05) is 13.7 Å². The summed E-state index contributed by atoms with van der Waals surface area (Å²) in [6.07, 6.45) is 1.81. The van der Waals surface area contributed by atoms with E-state index in [2.05, 4.69) is 20.3 Å². The minimum absolute atomic E-state index is 0.0981. The second-order valence-corrected chi connectivity index (χ2v) is 6.03. The van der Waals surface area contributed by atoms with E-state index in [0.717, 1.165) is 22.0 Å². The van der Waals surface area contributed by atoms with Crippen LogP contribution >= 0.6 is 11.3 Å². The Morgan fingerprint density at radius 3 is 2.84 bits per heavy atom. The van der Waals surface area contributed by atoms with E-state index in [0.29, 0.717) is 13.0 Å². The molecule has 0 unspecified atom stereocenters. The van der Waals surface area contributed by atoms with Crippen LogP contribution in [0.3, 0.4) is 0 Å².